The maximum Gasteiger partial charge on any atom is 0.306 e. The van der Waals surface area contributed by atoms with Gasteiger partial charge in [-0.3, -0.25) is 9.59 Å². The molecule has 2 heterocycles. The van der Waals surface area contributed by atoms with Gasteiger partial charge in [0.25, 0.3) is 0 Å². The number of rotatable bonds is 10. The van der Waals surface area contributed by atoms with Crippen molar-refractivity contribution < 1.29 is 64.3 Å². The van der Waals surface area contributed by atoms with Gasteiger partial charge in [-0.15, -0.1) is 0 Å². The van der Waals surface area contributed by atoms with Crippen molar-refractivity contribution in [2.45, 2.75) is 88.0 Å². The first-order valence-electron chi connectivity index (χ1n) is 15.3. The van der Waals surface area contributed by atoms with Gasteiger partial charge in [-0.2, -0.15) is 0 Å². The highest BCUT2D eigenvalue weighted by Crippen LogP contribution is 2.43. The van der Waals surface area contributed by atoms with Crippen molar-refractivity contribution in [2.75, 3.05) is 6.61 Å². The molecule has 0 amide bonds. The molecule has 2 aliphatic heterocycles. The summed E-state index contributed by atoms with van der Waals surface area (Å²) in [7, 11) is 0. The second kappa shape index (κ2) is 14.4. The monoisotopic (exact) mass is 644 g/mol. The Morgan fingerprint density at radius 1 is 1.04 bits per heavy atom. The first-order chi connectivity index (χ1) is 21.9. The van der Waals surface area contributed by atoms with Gasteiger partial charge in [-0.1, -0.05) is 24.3 Å². The topological polar surface area (TPSA) is 213 Å². The lowest BCUT2D eigenvalue weighted by atomic mass is 9.89. The molecule has 2 aromatic rings. The molecule has 13 heteroatoms. The van der Waals surface area contributed by atoms with Crippen LogP contribution >= 0.6 is 0 Å². The molecule has 46 heavy (non-hydrogen) atoms. The summed E-state index contributed by atoms with van der Waals surface area (Å²) in [5.74, 6) is -1.76. The Hall–Kier alpha value is -3.72. The van der Waals surface area contributed by atoms with Crippen molar-refractivity contribution in [1.29, 1.82) is 0 Å². The lowest BCUT2D eigenvalue weighted by Gasteiger charge is -2.40. The molecule has 1 unspecified atom stereocenters. The number of ether oxygens (including phenoxy) is 4. The summed E-state index contributed by atoms with van der Waals surface area (Å²) in [6.45, 7) is 1.15. The number of aromatic hydroxyl groups is 2. The zero-order chi connectivity index (χ0) is 33.1. The fourth-order valence-electron chi connectivity index (χ4n) is 6.25. The molecule has 1 saturated carbocycles. The number of benzene rings is 2. The van der Waals surface area contributed by atoms with Crippen LogP contribution in [0.4, 0.5) is 0 Å². The number of aliphatic hydroxyl groups is 5. The molecule has 250 valence electrons. The number of carbonyl (C=O) groups is 2. The highest BCUT2D eigenvalue weighted by molar-refractivity contribution is 6.02. The van der Waals surface area contributed by atoms with E-state index in [9.17, 15) is 45.3 Å². The van der Waals surface area contributed by atoms with Crippen LogP contribution in [0.25, 0.3) is 0 Å². The van der Waals surface area contributed by atoms with Gasteiger partial charge in [0.1, 0.15) is 65.7 Å². The number of hydrogen-bond acceptors (Lipinski definition) is 13. The average molecular weight is 645 g/mol. The summed E-state index contributed by atoms with van der Waals surface area (Å²) in [6.07, 6.45) is -4.85. The molecule has 0 radical (unpaired) electrons. The van der Waals surface area contributed by atoms with Crippen LogP contribution in [0.2, 0.25) is 0 Å². The molecule has 10 atom stereocenters. The molecule has 7 N–H and O–H groups in total. The average Bonchev–Trinajstić information content (AvgIpc) is 3.34. The largest absolute Gasteiger partial charge is 0.508 e. The van der Waals surface area contributed by atoms with E-state index in [4.69, 9.17) is 18.9 Å². The smallest absolute Gasteiger partial charge is 0.306 e. The van der Waals surface area contributed by atoms with Crippen LogP contribution in [0.3, 0.4) is 0 Å². The quantitative estimate of drug-likeness (QED) is 0.145. The molecule has 1 aliphatic carbocycles. The number of phenols is 2. The van der Waals surface area contributed by atoms with Gasteiger partial charge in [0.2, 0.25) is 6.29 Å². The minimum absolute atomic E-state index is 0.0103. The molecule has 2 fully saturated rings. The number of Topliss-reactive ketones (excluding diaryl/α,β-unsaturated/α-hetero) is 1. The van der Waals surface area contributed by atoms with E-state index in [-0.39, 0.29) is 53.3 Å². The normalized spacial score (nSPS) is 31.7. The molecule has 0 bridgehead atoms. The summed E-state index contributed by atoms with van der Waals surface area (Å²) >= 11 is 0. The number of allylic oxidation sites excluding steroid dienone is 1. The van der Waals surface area contributed by atoms with Crippen molar-refractivity contribution in [3.8, 4) is 23.0 Å². The zero-order valence-electron chi connectivity index (χ0n) is 25.2. The lowest BCUT2D eigenvalue weighted by Crippen LogP contribution is -2.60. The van der Waals surface area contributed by atoms with E-state index in [2.05, 4.69) is 0 Å². The number of aliphatic hydroxyl groups excluding tert-OH is 5. The van der Waals surface area contributed by atoms with Gasteiger partial charge >= 0.3 is 5.97 Å². The number of phenolic OH excluding ortho intramolecular Hbond substituents is 2. The zero-order valence-corrected chi connectivity index (χ0v) is 25.2. The highest BCUT2D eigenvalue weighted by atomic mass is 16.7. The minimum atomic E-state index is -1.74. The molecule has 2 aromatic carbocycles. The standard InChI is InChI=1S/C33H40O13/c1-16(34)3-2-4-21-18(7-10-22(21)36)11-28(39)43-15-27-30(40)31(41)32(42)33(46-27)44-20-12-23(37)29-24(38)14-25(45-26(29)13-20)17-5-8-19(35)9-6-17/h2-3,5-6,8-9,12-13,16,18,21-22,25,27,30-37,40-42H,4,7,10-11,14-15H2,1H3/b3-2-/t16?,18-,21-,22+,25+,27-,30-,31+,32-,33-/m1/s1. The Morgan fingerprint density at radius 2 is 1.78 bits per heavy atom. The molecule has 5 rings (SSSR count). The molecule has 0 aromatic heterocycles. The molecular weight excluding hydrogens is 604 g/mol. The predicted octanol–water partition coefficient (Wildman–Crippen LogP) is 1.64. The Balaban J connectivity index is 1.22. The van der Waals surface area contributed by atoms with Crippen LogP contribution in [0.1, 0.15) is 61.1 Å². The fourth-order valence-corrected chi connectivity index (χ4v) is 6.25. The second-order valence-corrected chi connectivity index (χ2v) is 12.1. The predicted molar refractivity (Wildman–Crippen MR) is 159 cm³/mol. The Bertz CT molecular complexity index is 1410. The van der Waals surface area contributed by atoms with E-state index in [1.165, 1.54) is 18.2 Å². The summed E-state index contributed by atoms with van der Waals surface area (Å²) in [5, 5.41) is 71.7. The number of esters is 1. The molecule has 1 saturated heterocycles. The summed E-state index contributed by atoms with van der Waals surface area (Å²) in [4.78, 5) is 25.6. The number of ketones is 1. The van der Waals surface area contributed by atoms with Crippen LogP contribution in [-0.2, 0) is 14.3 Å². The number of carbonyl (C=O) groups excluding carboxylic acids is 2. The third-order valence-corrected chi connectivity index (χ3v) is 8.75. The third kappa shape index (κ3) is 7.63. The number of hydrogen-bond donors (Lipinski definition) is 7. The minimum Gasteiger partial charge on any atom is -0.508 e. The third-order valence-electron chi connectivity index (χ3n) is 8.75. The van der Waals surface area contributed by atoms with Crippen molar-refractivity contribution in [3.63, 3.8) is 0 Å². The van der Waals surface area contributed by atoms with Crippen molar-refractivity contribution in [2.24, 2.45) is 11.8 Å². The molecule has 3 aliphatic rings. The molecule has 0 spiro atoms. The van der Waals surface area contributed by atoms with Crippen LogP contribution < -0.4 is 9.47 Å². The van der Waals surface area contributed by atoms with E-state index in [1.807, 2.05) is 0 Å². The maximum atomic E-state index is 12.9. The van der Waals surface area contributed by atoms with E-state index in [0.29, 0.717) is 24.8 Å². The number of fused-ring (bicyclic) bond motifs is 1. The van der Waals surface area contributed by atoms with Crippen molar-refractivity contribution in [1.82, 2.24) is 0 Å². The highest BCUT2D eigenvalue weighted by Gasteiger charge is 2.46. The van der Waals surface area contributed by atoms with Gasteiger partial charge in [0.15, 0.2) is 5.78 Å². The van der Waals surface area contributed by atoms with E-state index >= 15 is 0 Å². The van der Waals surface area contributed by atoms with Gasteiger partial charge in [-0.25, -0.2) is 0 Å². The first-order valence-corrected chi connectivity index (χ1v) is 15.3. The molecule has 13 nitrogen and oxygen atoms in total. The van der Waals surface area contributed by atoms with Gasteiger partial charge < -0.3 is 54.7 Å². The lowest BCUT2D eigenvalue weighted by molar-refractivity contribution is -0.278. The Kier molecular flexibility index (Phi) is 10.5. The molecular formula is C33H40O13. The van der Waals surface area contributed by atoms with Crippen molar-refractivity contribution in [3.05, 3.63) is 59.7 Å². The first kappa shape index (κ1) is 33.6. The van der Waals surface area contributed by atoms with E-state index in [0.717, 1.165) is 6.07 Å². The SMILES string of the molecule is CC(O)/C=C\C[C@@H]1[C@@H](CC(=O)OC[C@H]2O[C@@H](Oc3cc(O)c4c(c3)O[C@H](c3ccc(O)cc3)CC4=O)[C@H](O)[C@@H](O)[C@@H]2O)CC[C@@H]1O. The van der Waals surface area contributed by atoms with Crippen LogP contribution in [0, 0.1) is 11.8 Å². The van der Waals surface area contributed by atoms with Gasteiger partial charge in [-0.05, 0) is 55.7 Å². The summed E-state index contributed by atoms with van der Waals surface area (Å²) in [5.41, 5.74) is 0.569. The van der Waals surface area contributed by atoms with Crippen LogP contribution in [0.15, 0.2) is 48.6 Å². The van der Waals surface area contributed by atoms with Gasteiger partial charge in [0, 0.05) is 18.6 Å². The van der Waals surface area contributed by atoms with Crippen LogP contribution in [0.5, 0.6) is 23.0 Å². The summed E-state index contributed by atoms with van der Waals surface area (Å²) < 4.78 is 22.7. The maximum absolute atomic E-state index is 12.9. The van der Waals surface area contributed by atoms with Gasteiger partial charge in [0.05, 0.1) is 18.6 Å². The second-order valence-electron chi connectivity index (χ2n) is 12.1. The van der Waals surface area contributed by atoms with E-state index in [1.54, 1.807) is 31.2 Å². The fraction of sp³-hybridized carbons (Fsp3) is 0.515. The van der Waals surface area contributed by atoms with E-state index < -0.39 is 67.3 Å². The Labute approximate surface area is 265 Å². The van der Waals surface area contributed by atoms with Crippen LogP contribution in [-0.4, -0.2) is 97.0 Å². The Morgan fingerprint density at radius 3 is 2.50 bits per heavy atom. The summed E-state index contributed by atoms with van der Waals surface area (Å²) in [6, 6.07) is 8.59. The van der Waals surface area contributed by atoms with Crippen molar-refractivity contribution >= 4 is 11.8 Å².